The third kappa shape index (κ3) is 7.82. The Balaban J connectivity index is 0.869. The smallest absolute Gasteiger partial charge is 0.160 e. The minimum Gasteiger partial charge on any atom is -0.309 e. The van der Waals surface area contributed by atoms with Crippen LogP contribution in [0.15, 0.2) is 280 Å². The summed E-state index contributed by atoms with van der Waals surface area (Å²) >= 11 is 0. The lowest BCUT2D eigenvalue weighted by Crippen LogP contribution is -1.97. The average molecular weight is 995 g/mol. The molecule has 0 atom stereocenters. The lowest BCUT2D eigenvalue weighted by Gasteiger charge is -2.15. The molecule has 6 heteroatoms. The first-order chi connectivity index (χ1) is 38.6. The highest BCUT2D eigenvalue weighted by Crippen LogP contribution is 2.41. The van der Waals surface area contributed by atoms with Gasteiger partial charge in [-0.2, -0.15) is 0 Å². The molecule has 0 bridgehead atoms. The maximum absolute atomic E-state index is 5.40. The van der Waals surface area contributed by atoms with Crippen molar-refractivity contribution in [2.24, 2.45) is 0 Å². The Morgan fingerprint density at radius 2 is 0.654 bits per heavy atom. The van der Waals surface area contributed by atoms with E-state index in [0.29, 0.717) is 5.82 Å². The van der Waals surface area contributed by atoms with E-state index in [9.17, 15) is 0 Å². The summed E-state index contributed by atoms with van der Waals surface area (Å²) in [5.41, 5.74) is 21.4. The van der Waals surface area contributed by atoms with Crippen LogP contribution in [0, 0.1) is 0 Å². The summed E-state index contributed by atoms with van der Waals surface area (Å²) in [4.78, 5) is 19.8. The minimum absolute atomic E-state index is 0.675. The number of para-hydroxylation sites is 4. The van der Waals surface area contributed by atoms with Gasteiger partial charge in [0.25, 0.3) is 0 Å². The van der Waals surface area contributed by atoms with Gasteiger partial charge in [-0.1, -0.05) is 127 Å². The summed E-state index contributed by atoms with van der Waals surface area (Å²) in [6.07, 6.45) is 7.55. The zero-order chi connectivity index (χ0) is 51.5. The van der Waals surface area contributed by atoms with Crippen LogP contribution in [0.1, 0.15) is 0 Å². The second-order valence-electron chi connectivity index (χ2n) is 19.9. The molecule has 15 rings (SSSR count). The first kappa shape index (κ1) is 44.9. The maximum Gasteiger partial charge on any atom is 0.160 e. The quantitative estimate of drug-likeness (QED) is 0.145. The third-order valence-electron chi connectivity index (χ3n) is 15.2. The molecule has 0 saturated carbocycles. The van der Waals surface area contributed by atoms with Crippen molar-refractivity contribution in [2.45, 2.75) is 0 Å². The van der Waals surface area contributed by atoms with Crippen molar-refractivity contribution < 1.29 is 0 Å². The summed E-state index contributed by atoms with van der Waals surface area (Å²) in [6.45, 7) is 0. The molecule has 10 aromatic carbocycles. The standard InChI is InChI=1S/C72H46N6/c1-3-15-47(16-4-1)71-65-44-49(29-33-66(65)75-72(76-71)48-27-31-60(32-28-48)78-67-24-10-7-21-61(67)62-22-8-11-25-68(62)78)53-37-55(51-17-13-35-73-45-51)41-57(39-53)58-40-54(38-56(42-58)52-18-14-36-74-46-52)50-30-34-70-64(43-50)63-23-9-12-26-69(63)77(70)59-19-5-2-6-20-59/h1-46H. The fourth-order valence-corrected chi connectivity index (χ4v) is 11.5. The van der Waals surface area contributed by atoms with Crippen LogP contribution in [0.5, 0.6) is 0 Å². The molecule has 364 valence electrons. The molecule has 0 unspecified atom stereocenters. The van der Waals surface area contributed by atoms with Gasteiger partial charge in [-0.15, -0.1) is 0 Å². The molecule has 0 saturated heterocycles. The van der Waals surface area contributed by atoms with Gasteiger partial charge in [-0.25, -0.2) is 9.97 Å². The second kappa shape index (κ2) is 18.7. The lowest BCUT2D eigenvalue weighted by molar-refractivity contribution is 1.17. The highest BCUT2D eigenvalue weighted by atomic mass is 15.0. The van der Waals surface area contributed by atoms with Gasteiger partial charge >= 0.3 is 0 Å². The van der Waals surface area contributed by atoms with E-state index in [4.69, 9.17) is 9.97 Å². The van der Waals surface area contributed by atoms with Crippen molar-refractivity contribution in [2.75, 3.05) is 0 Å². The topological polar surface area (TPSA) is 61.4 Å². The summed E-state index contributed by atoms with van der Waals surface area (Å²) in [6, 6.07) is 91.3. The van der Waals surface area contributed by atoms with Crippen LogP contribution < -0.4 is 0 Å². The average Bonchev–Trinajstić information content (AvgIpc) is 4.26. The fraction of sp³-hybridized carbons (Fsp3) is 0. The summed E-state index contributed by atoms with van der Waals surface area (Å²) in [5, 5.41) is 5.87. The molecule has 0 N–H and O–H groups in total. The van der Waals surface area contributed by atoms with E-state index in [1.807, 2.05) is 36.9 Å². The molecular formula is C72H46N6. The van der Waals surface area contributed by atoms with Gasteiger partial charge in [-0.3, -0.25) is 9.97 Å². The van der Waals surface area contributed by atoms with E-state index in [1.165, 1.54) is 43.6 Å². The van der Waals surface area contributed by atoms with Gasteiger partial charge in [0.05, 0.1) is 33.3 Å². The molecule has 6 nitrogen and oxygen atoms in total. The van der Waals surface area contributed by atoms with Gasteiger partial charge < -0.3 is 9.13 Å². The molecule has 78 heavy (non-hydrogen) atoms. The molecule has 0 fully saturated rings. The van der Waals surface area contributed by atoms with E-state index < -0.39 is 0 Å². The predicted molar refractivity (Wildman–Crippen MR) is 322 cm³/mol. The first-order valence-electron chi connectivity index (χ1n) is 26.3. The normalized spacial score (nSPS) is 11.6. The molecule has 0 radical (unpaired) electrons. The Morgan fingerprint density at radius 3 is 1.19 bits per heavy atom. The van der Waals surface area contributed by atoms with Crippen LogP contribution in [-0.4, -0.2) is 29.1 Å². The van der Waals surface area contributed by atoms with E-state index in [0.717, 1.165) is 94.7 Å². The molecule has 5 aromatic heterocycles. The van der Waals surface area contributed by atoms with Crippen LogP contribution in [0.2, 0.25) is 0 Å². The molecule has 0 aliphatic rings. The van der Waals surface area contributed by atoms with Crippen LogP contribution in [0.3, 0.4) is 0 Å². The summed E-state index contributed by atoms with van der Waals surface area (Å²) < 4.78 is 4.70. The number of hydrogen-bond acceptors (Lipinski definition) is 4. The number of benzene rings is 10. The van der Waals surface area contributed by atoms with Crippen LogP contribution in [0.4, 0.5) is 0 Å². The number of fused-ring (bicyclic) bond motifs is 7. The van der Waals surface area contributed by atoms with E-state index in [-0.39, 0.29) is 0 Å². The largest absolute Gasteiger partial charge is 0.309 e. The maximum atomic E-state index is 5.40. The van der Waals surface area contributed by atoms with Crippen molar-refractivity contribution in [1.29, 1.82) is 0 Å². The van der Waals surface area contributed by atoms with Crippen LogP contribution in [-0.2, 0) is 0 Å². The van der Waals surface area contributed by atoms with Crippen molar-refractivity contribution in [3.05, 3.63) is 280 Å². The fourth-order valence-electron chi connectivity index (χ4n) is 11.5. The van der Waals surface area contributed by atoms with E-state index in [1.54, 1.807) is 0 Å². The minimum atomic E-state index is 0.675. The molecular weight excluding hydrogens is 949 g/mol. The molecule has 5 heterocycles. The van der Waals surface area contributed by atoms with Gasteiger partial charge in [0.1, 0.15) is 0 Å². The zero-order valence-electron chi connectivity index (χ0n) is 42.2. The predicted octanol–water partition coefficient (Wildman–Crippen LogP) is 18.3. The summed E-state index contributed by atoms with van der Waals surface area (Å²) in [7, 11) is 0. The van der Waals surface area contributed by atoms with Gasteiger partial charge in [0.15, 0.2) is 5.82 Å². The Hall–Kier alpha value is -10.6. The highest BCUT2D eigenvalue weighted by Gasteiger charge is 2.19. The SMILES string of the molecule is c1ccc(-c2nc(-c3ccc(-n4c5ccccc5c5ccccc54)cc3)nc3ccc(-c4cc(-c5cccnc5)cc(-c5cc(-c6cccnc6)cc(-c6ccc7c(c6)c6ccccc6n7-c6ccccc6)c5)c4)cc23)cc1. The molecule has 0 aliphatic heterocycles. The Morgan fingerprint density at radius 1 is 0.244 bits per heavy atom. The van der Waals surface area contributed by atoms with Gasteiger partial charge in [0.2, 0.25) is 0 Å². The number of aromatic nitrogens is 6. The highest BCUT2D eigenvalue weighted by molar-refractivity contribution is 6.11. The van der Waals surface area contributed by atoms with E-state index in [2.05, 4.69) is 262 Å². The number of hydrogen-bond donors (Lipinski definition) is 0. The van der Waals surface area contributed by atoms with Crippen molar-refractivity contribution in [1.82, 2.24) is 29.1 Å². The van der Waals surface area contributed by atoms with Gasteiger partial charge in [-0.05, 0) is 172 Å². The third-order valence-corrected chi connectivity index (χ3v) is 15.2. The number of nitrogens with zero attached hydrogens (tertiary/aromatic N) is 6. The Labute approximate surface area is 450 Å². The van der Waals surface area contributed by atoms with Crippen molar-refractivity contribution >= 4 is 54.5 Å². The number of pyridine rings is 2. The zero-order valence-corrected chi connectivity index (χ0v) is 42.2. The monoisotopic (exact) mass is 994 g/mol. The first-order valence-corrected chi connectivity index (χ1v) is 26.3. The van der Waals surface area contributed by atoms with Crippen molar-refractivity contribution in [3.8, 4) is 89.7 Å². The molecule has 0 aliphatic carbocycles. The van der Waals surface area contributed by atoms with Crippen LogP contribution >= 0.6 is 0 Å². The summed E-state index contributed by atoms with van der Waals surface area (Å²) in [5.74, 6) is 0.675. The second-order valence-corrected chi connectivity index (χ2v) is 19.9. The van der Waals surface area contributed by atoms with Crippen LogP contribution in [0.25, 0.3) is 144 Å². The Bertz CT molecular complexity index is 4700. The van der Waals surface area contributed by atoms with Gasteiger partial charge in [0, 0.05) is 85.3 Å². The molecule has 0 spiro atoms. The lowest BCUT2D eigenvalue weighted by atomic mass is 9.89. The van der Waals surface area contributed by atoms with Crippen molar-refractivity contribution in [3.63, 3.8) is 0 Å². The van der Waals surface area contributed by atoms with E-state index >= 15 is 0 Å². The molecule has 0 amide bonds. The Kier molecular flexibility index (Phi) is 10.7. The number of rotatable bonds is 9. The molecule has 15 aromatic rings.